The summed E-state index contributed by atoms with van der Waals surface area (Å²) in [7, 11) is 0. The molecule has 0 bridgehead atoms. The molecule has 0 spiro atoms. The maximum atomic E-state index is 5.95. The molecule has 2 aromatic rings. The molecule has 0 aromatic heterocycles. The Bertz CT molecular complexity index is 639. The highest BCUT2D eigenvalue weighted by Gasteiger charge is 2.06. The fraction of sp³-hybridized carbons (Fsp3) is 0.545. The van der Waals surface area contributed by atoms with Gasteiger partial charge in [-0.1, -0.05) is 44.7 Å². The fourth-order valence-electron chi connectivity index (χ4n) is 2.96. The molecule has 2 aromatic carbocycles. The van der Waals surface area contributed by atoms with E-state index in [1.807, 2.05) is 0 Å². The fourth-order valence-corrected chi connectivity index (χ4v) is 3.15. The summed E-state index contributed by atoms with van der Waals surface area (Å²) < 4.78 is 11.8. The zero-order valence-corrected chi connectivity index (χ0v) is 16.4. The summed E-state index contributed by atoms with van der Waals surface area (Å²) in [6.45, 7) is 5.91. The van der Waals surface area contributed by atoms with Crippen molar-refractivity contribution in [1.29, 1.82) is 0 Å². The van der Waals surface area contributed by atoms with Gasteiger partial charge in [0.1, 0.15) is 11.5 Å². The summed E-state index contributed by atoms with van der Waals surface area (Å²) in [5.74, 6) is 2.70. The van der Waals surface area contributed by atoms with Crippen molar-refractivity contribution in [2.75, 3.05) is 19.1 Å². The highest BCUT2D eigenvalue weighted by molar-refractivity contribution is 6.17. The SMILES string of the molecule is CCCCCOc1ccc2cc(OCCCCCCCl)ccc2c1C. The van der Waals surface area contributed by atoms with Crippen LogP contribution in [0.3, 0.4) is 0 Å². The van der Waals surface area contributed by atoms with Gasteiger partial charge in [-0.05, 0) is 60.7 Å². The molecular formula is C22H31ClO2. The van der Waals surface area contributed by atoms with Gasteiger partial charge in [0.05, 0.1) is 13.2 Å². The first kappa shape index (κ1) is 19.9. The summed E-state index contributed by atoms with van der Waals surface area (Å²) >= 11 is 5.69. The molecule has 0 saturated heterocycles. The molecule has 0 aliphatic rings. The number of unbranched alkanes of at least 4 members (excludes halogenated alkanes) is 5. The summed E-state index contributed by atoms with van der Waals surface area (Å²) in [6, 6.07) is 10.5. The maximum absolute atomic E-state index is 5.95. The topological polar surface area (TPSA) is 18.5 Å². The zero-order chi connectivity index (χ0) is 17.9. The van der Waals surface area contributed by atoms with E-state index in [2.05, 4.69) is 44.2 Å². The number of hydrogen-bond acceptors (Lipinski definition) is 2. The quantitative estimate of drug-likeness (QED) is 0.302. The Balaban J connectivity index is 1.91. The van der Waals surface area contributed by atoms with Gasteiger partial charge in [-0.25, -0.2) is 0 Å². The Labute approximate surface area is 157 Å². The Morgan fingerprint density at radius 2 is 1.60 bits per heavy atom. The predicted molar refractivity (Wildman–Crippen MR) is 108 cm³/mol. The van der Waals surface area contributed by atoms with E-state index in [1.54, 1.807) is 0 Å². The second-order valence-electron chi connectivity index (χ2n) is 6.58. The molecule has 25 heavy (non-hydrogen) atoms. The number of hydrogen-bond donors (Lipinski definition) is 0. The number of rotatable bonds is 12. The van der Waals surface area contributed by atoms with Crippen LogP contribution in [0.5, 0.6) is 11.5 Å². The molecule has 0 heterocycles. The van der Waals surface area contributed by atoms with Gasteiger partial charge in [-0.15, -0.1) is 11.6 Å². The molecule has 0 saturated carbocycles. The number of aryl methyl sites for hydroxylation is 1. The van der Waals surface area contributed by atoms with Crippen molar-refractivity contribution in [3.05, 3.63) is 35.9 Å². The van der Waals surface area contributed by atoms with E-state index < -0.39 is 0 Å². The van der Waals surface area contributed by atoms with Crippen LogP contribution >= 0.6 is 11.6 Å². The first-order valence-corrected chi connectivity index (χ1v) is 10.1. The first-order chi connectivity index (χ1) is 12.3. The molecule has 0 atom stereocenters. The van der Waals surface area contributed by atoms with Crippen molar-refractivity contribution in [2.24, 2.45) is 0 Å². The van der Waals surface area contributed by atoms with E-state index in [-0.39, 0.29) is 0 Å². The molecule has 138 valence electrons. The molecule has 0 aliphatic carbocycles. The standard InChI is InChI=1S/C22H31ClO2/c1-3-4-8-16-25-22-13-10-19-17-20(11-12-21(19)18(22)2)24-15-9-6-5-7-14-23/h10-13,17H,3-9,14-16H2,1-2H3. The normalized spacial score (nSPS) is 11.0. The van der Waals surface area contributed by atoms with Crippen LogP contribution in [-0.4, -0.2) is 19.1 Å². The molecule has 0 radical (unpaired) electrons. The third kappa shape index (κ3) is 6.43. The van der Waals surface area contributed by atoms with Gasteiger partial charge in [0.25, 0.3) is 0 Å². The highest BCUT2D eigenvalue weighted by atomic mass is 35.5. The molecule has 2 rings (SSSR count). The first-order valence-electron chi connectivity index (χ1n) is 9.61. The minimum atomic E-state index is 0.759. The van der Waals surface area contributed by atoms with Crippen LogP contribution in [0.25, 0.3) is 10.8 Å². The monoisotopic (exact) mass is 362 g/mol. The van der Waals surface area contributed by atoms with Crippen molar-refractivity contribution in [1.82, 2.24) is 0 Å². The minimum Gasteiger partial charge on any atom is -0.494 e. The Kier molecular flexibility index (Phi) is 8.96. The van der Waals surface area contributed by atoms with Gasteiger partial charge in [-0.2, -0.15) is 0 Å². The average molecular weight is 363 g/mol. The lowest BCUT2D eigenvalue weighted by molar-refractivity contribution is 0.304. The summed E-state index contributed by atoms with van der Waals surface area (Å²) in [4.78, 5) is 0. The van der Waals surface area contributed by atoms with Crippen LogP contribution in [0.1, 0.15) is 57.4 Å². The summed E-state index contributed by atoms with van der Waals surface area (Å²) in [6.07, 6.45) is 8.10. The van der Waals surface area contributed by atoms with Crippen LogP contribution in [-0.2, 0) is 0 Å². The molecule has 0 amide bonds. The minimum absolute atomic E-state index is 0.759. The van der Waals surface area contributed by atoms with Gasteiger partial charge in [-0.3, -0.25) is 0 Å². The number of fused-ring (bicyclic) bond motifs is 1. The van der Waals surface area contributed by atoms with Crippen LogP contribution in [0.2, 0.25) is 0 Å². The largest absolute Gasteiger partial charge is 0.494 e. The summed E-state index contributed by atoms with van der Waals surface area (Å²) in [5.41, 5.74) is 1.21. The van der Waals surface area contributed by atoms with Gasteiger partial charge in [0, 0.05) is 5.88 Å². The molecule has 0 N–H and O–H groups in total. The van der Waals surface area contributed by atoms with E-state index >= 15 is 0 Å². The Morgan fingerprint density at radius 3 is 2.40 bits per heavy atom. The van der Waals surface area contributed by atoms with Crippen molar-refractivity contribution in [2.45, 2.75) is 58.8 Å². The molecule has 2 nitrogen and oxygen atoms in total. The van der Waals surface area contributed by atoms with Crippen molar-refractivity contribution < 1.29 is 9.47 Å². The number of ether oxygens (including phenoxy) is 2. The van der Waals surface area contributed by atoms with E-state index in [9.17, 15) is 0 Å². The lowest BCUT2D eigenvalue weighted by Crippen LogP contribution is -1.99. The predicted octanol–water partition coefficient (Wildman–Crippen LogP) is 6.90. The van der Waals surface area contributed by atoms with Gasteiger partial charge in [0.15, 0.2) is 0 Å². The van der Waals surface area contributed by atoms with Crippen LogP contribution in [0.4, 0.5) is 0 Å². The molecule has 0 aliphatic heterocycles. The van der Waals surface area contributed by atoms with Crippen molar-refractivity contribution >= 4 is 22.4 Å². The molecule has 0 fully saturated rings. The van der Waals surface area contributed by atoms with Crippen molar-refractivity contribution in [3.63, 3.8) is 0 Å². The second kappa shape index (κ2) is 11.3. The second-order valence-corrected chi connectivity index (χ2v) is 6.96. The summed E-state index contributed by atoms with van der Waals surface area (Å²) in [5, 5.41) is 2.44. The Morgan fingerprint density at radius 1 is 0.840 bits per heavy atom. The average Bonchev–Trinajstić information content (AvgIpc) is 2.63. The van der Waals surface area contributed by atoms with E-state index in [0.29, 0.717) is 0 Å². The van der Waals surface area contributed by atoms with E-state index in [1.165, 1.54) is 42.0 Å². The maximum Gasteiger partial charge on any atom is 0.122 e. The highest BCUT2D eigenvalue weighted by Crippen LogP contribution is 2.30. The molecular weight excluding hydrogens is 332 g/mol. The van der Waals surface area contributed by atoms with Crippen LogP contribution in [0.15, 0.2) is 30.3 Å². The molecule has 0 unspecified atom stereocenters. The van der Waals surface area contributed by atoms with Gasteiger partial charge >= 0.3 is 0 Å². The Hall–Kier alpha value is -1.41. The van der Waals surface area contributed by atoms with Gasteiger partial charge < -0.3 is 9.47 Å². The van der Waals surface area contributed by atoms with Crippen LogP contribution < -0.4 is 9.47 Å². The van der Waals surface area contributed by atoms with Crippen LogP contribution in [0, 0.1) is 6.92 Å². The zero-order valence-electron chi connectivity index (χ0n) is 15.7. The third-order valence-electron chi connectivity index (χ3n) is 4.51. The van der Waals surface area contributed by atoms with Crippen molar-refractivity contribution in [3.8, 4) is 11.5 Å². The lowest BCUT2D eigenvalue weighted by atomic mass is 10.0. The number of benzene rings is 2. The number of halogens is 1. The lowest BCUT2D eigenvalue weighted by Gasteiger charge is -2.13. The molecule has 3 heteroatoms. The van der Waals surface area contributed by atoms with E-state index in [0.717, 1.165) is 49.9 Å². The van der Waals surface area contributed by atoms with E-state index in [4.69, 9.17) is 21.1 Å². The smallest absolute Gasteiger partial charge is 0.122 e. The third-order valence-corrected chi connectivity index (χ3v) is 4.78. The van der Waals surface area contributed by atoms with Gasteiger partial charge in [0.2, 0.25) is 0 Å². The number of alkyl halides is 1.